The van der Waals surface area contributed by atoms with Crippen LogP contribution in [-0.2, 0) is 4.79 Å². The molecule has 1 N–H and O–H groups in total. The fourth-order valence-electron chi connectivity index (χ4n) is 1.77. The molecule has 0 heterocycles. The zero-order valence-corrected chi connectivity index (χ0v) is 15.3. The molecular weight excluding hydrogens is 417 g/mol. The van der Waals surface area contributed by atoms with Crippen molar-refractivity contribution in [2.75, 3.05) is 11.1 Å². The SMILES string of the molecule is Cc1cc(I)ccc1NC(=O)CCSc1ccc(Cl)cc1. The fourth-order valence-corrected chi connectivity index (χ4v) is 3.40. The molecule has 0 radical (unpaired) electrons. The van der Waals surface area contributed by atoms with E-state index in [0.717, 1.165) is 26.9 Å². The molecule has 2 nitrogen and oxygen atoms in total. The maximum atomic E-state index is 11.9. The Labute approximate surface area is 147 Å². The number of amides is 1. The number of halogens is 2. The lowest BCUT2D eigenvalue weighted by Crippen LogP contribution is -2.13. The van der Waals surface area contributed by atoms with Crippen LogP contribution in [0.15, 0.2) is 47.4 Å². The number of carbonyl (C=O) groups is 1. The molecule has 2 rings (SSSR count). The minimum atomic E-state index is 0.0424. The lowest BCUT2D eigenvalue weighted by atomic mass is 10.2. The Hall–Kier alpha value is -0.720. The lowest BCUT2D eigenvalue weighted by Gasteiger charge is -2.08. The van der Waals surface area contributed by atoms with E-state index >= 15 is 0 Å². The quantitative estimate of drug-likeness (QED) is 0.509. The fraction of sp³-hybridized carbons (Fsp3) is 0.188. The highest BCUT2D eigenvalue weighted by atomic mass is 127. The average molecular weight is 432 g/mol. The number of aryl methyl sites for hydroxylation is 1. The molecule has 0 spiro atoms. The van der Waals surface area contributed by atoms with Gasteiger partial charge in [0.1, 0.15) is 0 Å². The first-order chi connectivity index (χ1) is 10.0. The van der Waals surface area contributed by atoms with Crippen LogP contribution < -0.4 is 5.32 Å². The van der Waals surface area contributed by atoms with Gasteiger partial charge in [0.25, 0.3) is 0 Å². The van der Waals surface area contributed by atoms with Crippen molar-refractivity contribution in [2.45, 2.75) is 18.2 Å². The minimum Gasteiger partial charge on any atom is -0.326 e. The first-order valence-electron chi connectivity index (χ1n) is 6.49. The number of nitrogens with one attached hydrogen (secondary N) is 1. The summed E-state index contributed by atoms with van der Waals surface area (Å²) in [6.45, 7) is 2.00. The van der Waals surface area contributed by atoms with Gasteiger partial charge in [-0.05, 0) is 77.5 Å². The summed E-state index contributed by atoms with van der Waals surface area (Å²) in [7, 11) is 0. The van der Waals surface area contributed by atoms with Crippen molar-refractivity contribution in [3.05, 3.63) is 56.6 Å². The normalized spacial score (nSPS) is 10.4. The number of thioether (sulfide) groups is 1. The summed E-state index contributed by atoms with van der Waals surface area (Å²) in [4.78, 5) is 13.1. The molecule has 2 aromatic carbocycles. The van der Waals surface area contributed by atoms with Gasteiger partial charge in [0.15, 0.2) is 0 Å². The lowest BCUT2D eigenvalue weighted by molar-refractivity contribution is -0.115. The number of hydrogen-bond donors (Lipinski definition) is 1. The van der Waals surface area contributed by atoms with Crippen molar-refractivity contribution in [1.29, 1.82) is 0 Å². The third-order valence-corrected chi connectivity index (χ3v) is 4.81. The molecule has 0 aliphatic heterocycles. The summed E-state index contributed by atoms with van der Waals surface area (Å²) in [5, 5.41) is 3.68. The van der Waals surface area contributed by atoms with Gasteiger partial charge in [-0.15, -0.1) is 11.8 Å². The van der Waals surface area contributed by atoms with Crippen molar-refractivity contribution in [3.63, 3.8) is 0 Å². The Bertz CT molecular complexity index is 631. The molecular formula is C16H15ClINOS. The number of carbonyl (C=O) groups excluding carboxylic acids is 1. The zero-order chi connectivity index (χ0) is 15.2. The molecule has 1 amide bonds. The summed E-state index contributed by atoms with van der Waals surface area (Å²) < 4.78 is 1.17. The summed E-state index contributed by atoms with van der Waals surface area (Å²) in [6, 6.07) is 13.6. The van der Waals surface area contributed by atoms with Crippen LogP contribution >= 0.6 is 46.0 Å². The molecule has 0 fully saturated rings. The molecule has 0 atom stereocenters. The molecule has 0 bridgehead atoms. The number of rotatable bonds is 5. The average Bonchev–Trinajstić information content (AvgIpc) is 2.44. The molecule has 0 aliphatic carbocycles. The Kier molecular flexibility index (Phi) is 6.39. The second-order valence-corrected chi connectivity index (χ2v) is 7.41. The molecule has 21 heavy (non-hydrogen) atoms. The highest BCUT2D eigenvalue weighted by Crippen LogP contribution is 2.22. The van der Waals surface area contributed by atoms with Crippen LogP contribution in [0, 0.1) is 10.5 Å². The van der Waals surface area contributed by atoms with Crippen molar-refractivity contribution in [2.24, 2.45) is 0 Å². The summed E-state index contributed by atoms with van der Waals surface area (Å²) >= 11 is 9.75. The monoisotopic (exact) mass is 431 g/mol. The first kappa shape index (κ1) is 16.6. The number of hydrogen-bond acceptors (Lipinski definition) is 2. The third-order valence-electron chi connectivity index (χ3n) is 2.87. The second-order valence-electron chi connectivity index (χ2n) is 4.56. The third kappa shape index (κ3) is 5.52. The predicted octanol–water partition coefficient (Wildman–Crippen LogP) is 5.37. The van der Waals surface area contributed by atoms with Crippen LogP contribution in [0.3, 0.4) is 0 Å². The van der Waals surface area contributed by atoms with Crippen LogP contribution in [-0.4, -0.2) is 11.7 Å². The number of anilines is 1. The molecule has 2 aromatic rings. The second kappa shape index (κ2) is 8.06. The van der Waals surface area contributed by atoms with Crippen molar-refractivity contribution in [3.8, 4) is 0 Å². The minimum absolute atomic E-state index is 0.0424. The maximum Gasteiger partial charge on any atom is 0.225 e. The van der Waals surface area contributed by atoms with Crippen LogP contribution in [0.1, 0.15) is 12.0 Å². The Balaban J connectivity index is 1.81. The van der Waals surface area contributed by atoms with Gasteiger partial charge in [-0.3, -0.25) is 4.79 Å². The van der Waals surface area contributed by atoms with E-state index < -0.39 is 0 Å². The zero-order valence-electron chi connectivity index (χ0n) is 11.5. The van der Waals surface area contributed by atoms with Crippen LogP contribution in [0.4, 0.5) is 5.69 Å². The smallest absolute Gasteiger partial charge is 0.225 e. The van der Waals surface area contributed by atoms with Crippen LogP contribution in [0.25, 0.3) is 0 Å². The Morgan fingerprint density at radius 1 is 1.24 bits per heavy atom. The summed E-state index contributed by atoms with van der Waals surface area (Å²) in [6.07, 6.45) is 0.485. The van der Waals surface area contributed by atoms with E-state index in [-0.39, 0.29) is 5.91 Å². The Morgan fingerprint density at radius 3 is 2.62 bits per heavy atom. The molecule has 0 saturated carbocycles. The highest BCUT2D eigenvalue weighted by molar-refractivity contribution is 14.1. The van der Waals surface area contributed by atoms with Crippen molar-refractivity contribution < 1.29 is 4.79 Å². The largest absolute Gasteiger partial charge is 0.326 e. The van der Waals surface area contributed by atoms with Gasteiger partial charge in [0.05, 0.1) is 0 Å². The first-order valence-corrected chi connectivity index (χ1v) is 8.93. The molecule has 0 saturated heterocycles. The van der Waals surface area contributed by atoms with E-state index in [9.17, 15) is 4.79 Å². The molecule has 0 aliphatic rings. The van der Waals surface area contributed by atoms with Gasteiger partial charge in [0, 0.05) is 31.3 Å². The van der Waals surface area contributed by atoms with Gasteiger partial charge in [0.2, 0.25) is 5.91 Å². The van der Waals surface area contributed by atoms with Gasteiger partial charge < -0.3 is 5.32 Å². The van der Waals surface area contributed by atoms with E-state index in [1.807, 2.05) is 43.3 Å². The standard InChI is InChI=1S/C16H15ClINOS/c1-11-10-13(18)4-7-15(11)19-16(20)8-9-21-14-5-2-12(17)3-6-14/h2-7,10H,8-9H2,1H3,(H,19,20). The predicted molar refractivity (Wildman–Crippen MR) is 99.3 cm³/mol. The van der Waals surface area contributed by atoms with E-state index in [1.165, 1.54) is 3.57 Å². The van der Waals surface area contributed by atoms with E-state index in [4.69, 9.17) is 11.6 Å². The van der Waals surface area contributed by atoms with Gasteiger partial charge in [-0.1, -0.05) is 11.6 Å². The highest BCUT2D eigenvalue weighted by Gasteiger charge is 2.05. The molecule has 0 aromatic heterocycles. The summed E-state index contributed by atoms with van der Waals surface area (Å²) in [5.41, 5.74) is 1.97. The molecule has 5 heteroatoms. The topological polar surface area (TPSA) is 29.1 Å². The van der Waals surface area contributed by atoms with E-state index in [0.29, 0.717) is 6.42 Å². The van der Waals surface area contributed by atoms with Gasteiger partial charge in [-0.2, -0.15) is 0 Å². The summed E-state index contributed by atoms with van der Waals surface area (Å²) in [5.74, 6) is 0.789. The Morgan fingerprint density at radius 2 is 1.95 bits per heavy atom. The van der Waals surface area contributed by atoms with Crippen molar-refractivity contribution >= 4 is 57.5 Å². The van der Waals surface area contributed by atoms with E-state index in [1.54, 1.807) is 11.8 Å². The van der Waals surface area contributed by atoms with Crippen LogP contribution in [0.2, 0.25) is 5.02 Å². The molecule has 0 unspecified atom stereocenters. The maximum absolute atomic E-state index is 11.9. The number of benzene rings is 2. The molecule has 110 valence electrons. The van der Waals surface area contributed by atoms with Crippen molar-refractivity contribution in [1.82, 2.24) is 0 Å². The van der Waals surface area contributed by atoms with Gasteiger partial charge >= 0.3 is 0 Å². The van der Waals surface area contributed by atoms with E-state index in [2.05, 4.69) is 34.0 Å². The van der Waals surface area contributed by atoms with Crippen LogP contribution in [0.5, 0.6) is 0 Å². The van der Waals surface area contributed by atoms with Gasteiger partial charge in [-0.25, -0.2) is 0 Å².